The number of carbonyl (C=O) groups is 1. The minimum absolute atomic E-state index is 0.203. The summed E-state index contributed by atoms with van der Waals surface area (Å²) in [5, 5.41) is 3.74. The maximum absolute atomic E-state index is 13.7. The van der Waals surface area contributed by atoms with Crippen LogP contribution in [0.3, 0.4) is 0 Å². The van der Waals surface area contributed by atoms with Crippen molar-refractivity contribution in [2.24, 2.45) is 0 Å². The molecule has 0 aromatic heterocycles. The lowest BCUT2D eigenvalue weighted by atomic mass is 10.1. The van der Waals surface area contributed by atoms with Gasteiger partial charge >= 0.3 is 5.97 Å². The summed E-state index contributed by atoms with van der Waals surface area (Å²) in [6, 6.07) is 9.19. The number of hydrogen-bond acceptors (Lipinski definition) is 3. The Balaban J connectivity index is 2.21. The number of rotatable bonds is 4. The molecule has 0 spiro atoms. The monoisotopic (exact) mass is 327 g/mol. The van der Waals surface area contributed by atoms with Crippen LogP contribution in [0.15, 0.2) is 36.4 Å². The summed E-state index contributed by atoms with van der Waals surface area (Å²) in [6.45, 7) is 0.203. The number of nitrogens with one attached hydrogen (secondary N) is 1. The van der Waals surface area contributed by atoms with Gasteiger partial charge in [0.05, 0.1) is 12.7 Å². The number of esters is 1. The lowest BCUT2D eigenvalue weighted by Gasteiger charge is -2.12. The summed E-state index contributed by atoms with van der Waals surface area (Å²) in [7, 11) is 1.28. The first-order valence-electron chi connectivity index (χ1n) is 6.07. The third kappa shape index (κ3) is 3.86. The fraction of sp³-hybridized carbons (Fsp3) is 0.133. The minimum atomic E-state index is -0.517. The molecular weight excluding hydrogens is 316 g/mol. The molecule has 3 nitrogen and oxygen atoms in total. The average molecular weight is 328 g/mol. The first-order valence-corrected chi connectivity index (χ1v) is 6.82. The molecule has 0 saturated carbocycles. The molecule has 0 heterocycles. The van der Waals surface area contributed by atoms with Gasteiger partial charge in [-0.25, -0.2) is 9.18 Å². The third-order valence-corrected chi connectivity index (χ3v) is 3.34. The average Bonchev–Trinajstić information content (AvgIpc) is 2.46. The van der Waals surface area contributed by atoms with Gasteiger partial charge in [-0.1, -0.05) is 29.3 Å². The van der Waals surface area contributed by atoms with E-state index in [0.717, 1.165) is 0 Å². The van der Waals surface area contributed by atoms with Gasteiger partial charge in [0.2, 0.25) is 0 Å². The Labute approximate surface area is 131 Å². The standard InChI is InChI=1S/C15H12Cl2FNO2/c1-21-15(20)12-6-10(16)4-5-14(12)19-8-9-2-3-11(17)7-13(9)18/h2-7,19H,8H2,1H3. The molecule has 0 saturated heterocycles. The van der Waals surface area contributed by atoms with Crippen molar-refractivity contribution in [3.05, 3.63) is 63.4 Å². The second-order valence-electron chi connectivity index (χ2n) is 4.27. The van der Waals surface area contributed by atoms with Crippen LogP contribution in [0.5, 0.6) is 0 Å². The predicted octanol–water partition coefficient (Wildman–Crippen LogP) is 4.53. The second kappa shape index (κ2) is 6.78. The van der Waals surface area contributed by atoms with E-state index in [9.17, 15) is 9.18 Å². The number of methoxy groups -OCH3 is 1. The largest absolute Gasteiger partial charge is 0.465 e. The molecule has 110 valence electrons. The Bertz CT molecular complexity index is 677. The molecule has 0 radical (unpaired) electrons. The molecule has 0 aliphatic carbocycles. The van der Waals surface area contributed by atoms with Crippen LogP contribution >= 0.6 is 23.2 Å². The van der Waals surface area contributed by atoms with E-state index >= 15 is 0 Å². The number of hydrogen-bond donors (Lipinski definition) is 1. The number of anilines is 1. The van der Waals surface area contributed by atoms with Gasteiger partial charge in [0.25, 0.3) is 0 Å². The quantitative estimate of drug-likeness (QED) is 0.838. The highest BCUT2D eigenvalue weighted by Gasteiger charge is 2.13. The van der Waals surface area contributed by atoms with Gasteiger partial charge in [0, 0.05) is 27.8 Å². The van der Waals surface area contributed by atoms with Gasteiger partial charge in [0.15, 0.2) is 0 Å². The van der Waals surface area contributed by atoms with Gasteiger partial charge in [0.1, 0.15) is 5.82 Å². The number of carbonyl (C=O) groups excluding carboxylic acids is 1. The van der Waals surface area contributed by atoms with Gasteiger partial charge in [-0.3, -0.25) is 0 Å². The summed E-state index contributed by atoms with van der Waals surface area (Å²) in [4.78, 5) is 11.7. The maximum atomic E-state index is 13.7. The fourth-order valence-electron chi connectivity index (χ4n) is 1.80. The van der Waals surface area contributed by atoms with Crippen molar-refractivity contribution < 1.29 is 13.9 Å². The van der Waals surface area contributed by atoms with E-state index in [0.29, 0.717) is 26.9 Å². The van der Waals surface area contributed by atoms with Gasteiger partial charge in [-0.15, -0.1) is 0 Å². The molecule has 1 N–H and O–H groups in total. The molecule has 2 aromatic rings. The number of halogens is 3. The second-order valence-corrected chi connectivity index (χ2v) is 5.14. The lowest BCUT2D eigenvalue weighted by Crippen LogP contribution is -2.09. The molecule has 0 unspecified atom stereocenters. The highest BCUT2D eigenvalue weighted by atomic mass is 35.5. The van der Waals surface area contributed by atoms with Crippen molar-refractivity contribution >= 4 is 34.9 Å². The Kier molecular flexibility index (Phi) is 5.04. The van der Waals surface area contributed by atoms with Crippen LogP contribution < -0.4 is 5.32 Å². The van der Waals surface area contributed by atoms with Gasteiger partial charge < -0.3 is 10.1 Å². The molecule has 6 heteroatoms. The van der Waals surface area contributed by atoms with Crippen molar-refractivity contribution in [3.8, 4) is 0 Å². The van der Waals surface area contributed by atoms with E-state index in [4.69, 9.17) is 27.9 Å². The Morgan fingerprint density at radius 1 is 1.19 bits per heavy atom. The predicted molar refractivity (Wildman–Crippen MR) is 81.5 cm³/mol. The van der Waals surface area contributed by atoms with Crippen molar-refractivity contribution in [1.82, 2.24) is 0 Å². The molecule has 0 bridgehead atoms. The van der Waals surface area contributed by atoms with Crippen molar-refractivity contribution in [2.75, 3.05) is 12.4 Å². The Hall–Kier alpha value is -1.78. The van der Waals surface area contributed by atoms with Crippen LogP contribution in [0.2, 0.25) is 10.0 Å². The van der Waals surface area contributed by atoms with Crippen LogP contribution in [0, 0.1) is 5.82 Å². The zero-order valence-corrected chi connectivity index (χ0v) is 12.6. The summed E-state index contributed by atoms with van der Waals surface area (Å²) < 4.78 is 18.4. The molecule has 0 aliphatic heterocycles. The molecular formula is C15H12Cl2FNO2. The molecule has 2 aromatic carbocycles. The smallest absolute Gasteiger partial charge is 0.340 e. The van der Waals surface area contributed by atoms with E-state index < -0.39 is 11.8 Å². The number of ether oxygens (including phenoxy) is 1. The van der Waals surface area contributed by atoms with E-state index in [1.54, 1.807) is 24.3 Å². The maximum Gasteiger partial charge on any atom is 0.340 e. The third-order valence-electron chi connectivity index (χ3n) is 2.87. The highest BCUT2D eigenvalue weighted by Crippen LogP contribution is 2.23. The van der Waals surface area contributed by atoms with Crippen LogP contribution in [-0.2, 0) is 11.3 Å². The van der Waals surface area contributed by atoms with Gasteiger partial charge in [-0.05, 0) is 30.3 Å². The van der Waals surface area contributed by atoms with Crippen molar-refractivity contribution in [1.29, 1.82) is 0 Å². The van der Waals surface area contributed by atoms with Crippen LogP contribution in [0.25, 0.3) is 0 Å². The SMILES string of the molecule is COC(=O)c1cc(Cl)ccc1NCc1ccc(Cl)cc1F. The summed E-state index contributed by atoms with van der Waals surface area (Å²) in [5.74, 6) is -0.930. The summed E-state index contributed by atoms with van der Waals surface area (Å²) >= 11 is 11.6. The minimum Gasteiger partial charge on any atom is -0.465 e. The number of benzene rings is 2. The lowest BCUT2D eigenvalue weighted by molar-refractivity contribution is 0.0602. The van der Waals surface area contributed by atoms with E-state index in [1.807, 2.05) is 0 Å². The first-order chi connectivity index (χ1) is 10.0. The van der Waals surface area contributed by atoms with Crippen molar-refractivity contribution in [3.63, 3.8) is 0 Å². The van der Waals surface area contributed by atoms with E-state index in [2.05, 4.69) is 5.32 Å². The molecule has 0 atom stereocenters. The van der Waals surface area contributed by atoms with Crippen LogP contribution in [0.4, 0.5) is 10.1 Å². The van der Waals surface area contributed by atoms with Gasteiger partial charge in [-0.2, -0.15) is 0 Å². The molecule has 0 aliphatic rings. The Morgan fingerprint density at radius 2 is 1.86 bits per heavy atom. The topological polar surface area (TPSA) is 38.3 Å². The molecule has 2 rings (SSSR count). The Morgan fingerprint density at radius 3 is 2.52 bits per heavy atom. The summed E-state index contributed by atoms with van der Waals surface area (Å²) in [5.41, 5.74) is 1.24. The normalized spacial score (nSPS) is 10.3. The zero-order valence-electron chi connectivity index (χ0n) is 11.1. The van der Waals surface area contributed by atoms with E-state index in [-0.39, 0.29) is 6.54 Å². The molecule has 21 heavy (non-hydrogen) atoms. The molecule has 0 fully saturated rings. The van der Waals surface area contributed by atoms with Crippen LogP contribution in [-0.4, -0.2) is 13.1 Å². The van der Waals surface area contributed by atoms with Crippen LogP contribution in [0.1, 0.15) is 15.9 Å². The zero-order chi connectivity index (χ0) is 15.4. The fourth-order valence-corrected chi connectivity index (χ4v) is 2.14. The summed E-state index contributed by atoms with van der Waals surface area (Å²) in [6.07, 6.45) is 0. The highest BCUT2D eigenvalue weighted by molar-refractivity contribution is 6.31. The first kappa shape index (κ1) is 15.6. The van der Waals surface area contributed by atoms with Crippen molar-refractivity contribution in [2.45, 2.75) is 6.54 Å². The van der Waals surface area contributed by atoms with E-state index in [1.165, 1.54) is 19.2 Å². The molecule has 0 amide bonds.